The summed E-state index contributed by atoms with van der Waals surface area (Å²) in [6, 6.07) is 2.62. The number of nitrogens with two attached hydrogens (primary N) is 2. The van der Waals surface area contributed by atoms with Crippen LogP contribution in [0.25, 0.3) is 0 Å². The summed E-state index contributed by atoms with van der Waals surface area (Å²) in [6.45, 7) is 3.09. The van der Waals surface area contributed by atoms with Crippen LogP contribution in [-0.2, 0) is 19.8 Å². The van der Waals surface area contributed by atoms with Crippen LogP contribution in [-0.4, -0.2) is 24.0 Å². The van der Waals surface area contributed by atoms with Gasteiger partial charge < -0.3 is 16.6 Å². The molecular weight excluding hydrogens is 260 g/mol. The number of hydrogen-bond acceptors (Lipinski definition) is 5. The van der Waals surface area contributed by atoms with Crippen LogP contribution in [0.2, 0.25) is 0 Å². The molecule has 0 spiro atoms. The summed E-state index contributed by atoms with van der Waals surface area (Å²) in [5, 5.41) is 9.96. The monoisotopic (exact) mass is 274 g/mol. The molecule has 0 aliphatic rings. The lowest BCUT2D eigenvalue weighted by Crippen LogP contribution is -2.48. The van der Waals surface area contributed by atoms with E-state index >= 15 is 0 Å². The van der Waals surface area contributed by atoms with Crippen molar-refractivity contribution in [3.8, 4) is 0 Å². The average molecular weight is 274 g/mol. The molecule has 18 heavy (non-hydrogen) atoms. The molecule has 0 aromatic heterocycles. The van der Waals surface area contributed by atoms with Gasteiger partial charge in [-0.15, -0.1) is 0 Å². The summed E-state index contributed by atoms with van der Waals surface area (Å²) in [6.07, 6.45) is 0. The predicted molar refractivity (Wildman–Crippen MR) is 65.0 cm³/mol. The van der Waals surface area contributed by atoms with Crippen molar-refractivity contribution >= 4 is 21.7 Å². The van der Waals surface area contributed by atoms with Gasteiger partial charge in [0, 0.05) is 11.3 Å². The first-order valence-electron chi connectivity index (χ1n) is 4.88. The second kappa shape index (κ2) is 4.23. The fraction of sp³-hybridized carbons (Fsp3) is 0.300. The lowest BCUT2D eigenvalue weighted by molar-refractivity contribution is -0.129. The Kier molecular flexibility index (Phi) is 3.39. The first kappa shape index (κ1) is 14.4. The van der Waals surface area contributed by atoms with Gasteiger partial charge in [0.1, 0.15) is 0 Å². The highest BCUT2D eigenvalue weighted by molar-refractivity contribution is 7.87. The third-order valence-electron chi connectivity index (χ3n) is 2.76. The molecule has 0 heterocycles. The molecule has 0 radical (unpaired) electrons. The van der Waals surface area contributed by atoms with Gasteiger partial charge in [0.25, 0.3) is 10.8 Å². The highest BCUT2D eigenvalue weighted by Gasteiger charge is 2.50. The van der Waals surface area contributed by atoms with Crippen molar-refractivity contribution in [1.82, 2.24) is 0 Å². The van der Waals surface area contributed by atoms with Gasteiger partial charge in [0.05, 0.1) is 0 Å². The molecule has 0 aliphatic heterocycles. The van der Waals surface area contributed by atoms with Crippen molar-refractivity contribution in [3.05, 3.63) is 28.8 Å². The Morgan fingerprint density at radius 1 is 1.33 bits per heavy atom. The van der Waals surface area contributed by atoms with Gasteiger partial charge in [0.15, 0.2) is 0 Å². The summed E-state index contributed by atoms with van der Waals surface area (Å²) in [5.41, 5.74) is 11.0. The third kappa shape index (κ3) is 2.05. The van der Waals surface area contributed by atoms with E-state index in [0.29, 0.717) is 11.1 Å². The van der Waals surface area contributed by atoms with Gasteiger partial charge in [-0.25, -0.2) is 0 Å². The largest absolute Gasteiger partial charge is 0.399 e. The van der Waals surface area contributed by atoms with Crippen LogP contribution in [0.4, 0.5) is 5.69 Å². The lowest BCUT2D eigenvalue weighted by atomic mass is 9.97. The second-order valence-electron chi connectivity index (χ2n) is 3.99. The maximum atomic E-state index is 11.2. The second-order valence-corrected chi connectivity index (χ2v) is 5.53. The predicted octanol–water partition coefficient (Wildman–Crippen LogP) is -0.596. The van der Waals surface area contributed by atoms with Crippen LogP contribution in [0, 0.1) is 13.8 Å². The summed E-state index contributed by atoms with van der Waals surface area (Å²) in [7, 11) is -5.15. The minimum absolute atomic E-state index is 0.136. The zero-order chi connectivity index (χ0) is 14.3. The molecule has 8 heteroatoms. The van der Waals surface area contributed by atoms with Crippen LogP contribution in [0.5, 0.6) is 0 Å². The molecule has 6 N–H and O–H groups in total. The number of nitrogen functional groups attached to an aromatic ring is 1. The zero-order valence-corrected chi connectivity index (χ0v) is 10.7. The number of rotatable bonds is 3. The molecule has 1 atom stereocenters. The quantitative estimate of drug-likeness (QED) is 0.428. The number of benzene rings is 1. The summed E-state index contributed by atoms with van der Waals surface area (Å²) in [5.74, 6) is -1.60. The Balaban J connectivity index is 3.76. The van der Waals surface area contributed by atoms with E-state index in [4.69, 9.17) is 16.0 Å². The first-order valence-corrected chi connectivity index (χ1v) is 6.32. The first-order chi connectivity index (χ1) is 8.01. The topological polar surface area (TPSA) is 144 Å². The maximum Gasteiger partial charge on any atom is 0.309 e. The Hall–Kier alpha value is -1.64. The van der Waals surface area contributed by atoms with E-state index in [1.165, 1.54) is 13.0 Å². The molecule has 1 aromatic rings. The molecule has 1 aromatic carbocycles. The van der Waals surface area contributed by atoms with E-state index in [0.717, 1.165) is 6.07 Å². The number of carbonyl (C=O) groups is 1. The molecule has 1 unspecified atom stereocenters. The Bertz CT molecular complexity index is 611. The fourth-order valence-corrected chi connectivity index (χ4v) is 2.38. The maximum absolute atomic E-state index is 11.2. The van der Waals surface area contributed by atoms with Crippen molar-refractivity contribution in [2.24, 2.45) is 5.73 Å². The molecule has 0 saturated heterocycles. The van der Waals surface area contributed by atoms with Crippen LogP contribution in [0.3, 0.4) is 0 Å². The molecule has 100 valence electrons. The van der Waals surface area contributed by atoms with Gasteiger partial charge in [-0.2, -0.15) is 8.42 Å². The molecule has 1 amide bonds. The number of anilines is 1. The molecular formula is C10H14N2O5S. The lowest BCUT2D eigenvalue weighted by Gasteiger charge is -2.24. The normalized spacial score (nSPS) is 15.1. The molecule has 0 bridgehead atoms. The van der Waals surface area contributed by atoms with Crippen LogP contribution in [0.15, 0.2) is 12.1 Å². The molecule has 0 aliphatic carbocycles. The smallest absolute Gasteiger partial charge is 0.309 e. The number of aliphatic hydroxyl groups is 1. The minimum Gasteiger partial charge on any atom is -0.399 e. The Morgan fingerprint density at radius 3 is 2.22 bits per heavy atom. The van der Waals surface area contributed by atoms with Gasteiger partial charge in [-0.1, -0.05) is 0 Å². The van der Waals surface area contributed by atoms with Gasteiger partial charge in [-0.3, -0.25) is 9.35 Å². The summed E-state index contributed by atoms with van der Waals surface area (Å²) in [4.78, 5) is 8.02. The highest BCUT2D eigenvalue weighted by Crippen LogP contribution is 2.32. The van der Waals surface area contributed by atoms with E-state index < -0.39 is 21.0 Å². The standard InChI is InChI=1S/C10H14N2O5S/c1-5-3-7(11)4-8(6(5)2)10(14,9(12)13)18(15,16)17/h3-4,14H,11H2,1-2H3,(H2,12,13)(H,15,16,17). The van der Waals surface area contributed by atoms with E-state index in [2.05, 4.69) is 0 Å². The number of aryl methyl sites for hydroxylation is 1. The van der Waals surface area contributed by atoms with Crippen molar-refractivity contribution in [2.45, 2.75) is 18.8 Å². The zero-order valence-electron chi connectivity index (χ0n) is 9.84. The van der Waals surface area contributed by atoms with Crippen molar-refractivity contribution in [2.75, 3.05) is 5.73 Å². The number of carbonyl (C=O) groups excluding carboxylic acids is 1. The van der Waals surface area contributed by atoms with Gasteiger partial charge >= 0.3 is 10.1 Å². The molecule has 0 fully saturated rings. The van der Waals surface area contributed by atoms with Gasteiger partial charge in [0.2, 0.25) is 0 Å². The van der Waals surface area contributed by atoms with Gasteiger partial charge in [-0.05, 0) is 37.1 Å². The van der Waals surface area contributed by atoms with E-state index in [-0.39, 0.29) is 11.3 Å². The van der Waals surface area contributed by atoms with E-state index in [9.17, 15) is 18.3 Å². The molecule has 0 saturated carbocycles. The fourth-order valence-electron chi connectivity index (χ4n) is 1.64. The number of hydrogen-bond donors (Lipinski definition) is 4. The number of amides is 1. The summed E-state index contributed by atoms with van der Waals surface area (Å²) < 4.78 is 31.5. The van der Waals surface area contributed by atoms with Crippen molar-refractivity contribution in [1.29, 1.82) is 0 Å². The summed E-state index contributed by atoms with van der Waals surface area (Å²) >= 11 is 0. The molecule has 1 rings (SSSR count). The highest BCUT2D eigenvalue weighted by atomic mass is 32.2. The van der Waals surface area contributed by atoms with Crippen LogP contribution >= 0.6 is 0 Å². The number of primary amides is 1. The van der Waals surface area contributed by atoms with Crippen LogP contribution in [0.1, 0.15) is 16.7 Å². The minimum atomic E-state index is -5.15. The van der Waals surface area contributed by atoms with Crippen molar-refractivity contribution < 1.29 is 22.9 Å². The van der Waals surface area contributed by atoms with E-state index in [1.807, 2.05) is 0 Å². The Morgan fingerprint density at radius 2 is 1.83 bits per heavy atom. The van der Waals surface area contributed by atoms with Crippen molar-refractivity contribution in [3.63, 3.8) is 0 Å². The van der Waals surface area contributed by atoms with E-state index in [1.54, 1.807) is 6.92 Å². The molecule has 7 nitrogen and oxygen atoms in total. The SMILES string of the molecule is Cc1cc(N)cc(C(O)(C(N)=O)S(=O)(=O)O)c1C. The average Bonchev–Trinajstić information content (AvgIpc) is 2.20. The Labute approximate surface area is 104 Å². The van der Waals surface area contributed by atoms with Crippen LogP contribution < -0.4 is 11.5 Å². The third-order valence-corrected chi connectivity index (χ3v) is 3.93.